The van der Waals surface area contributed by atoms with E-state index in [-0.39, 0.29) is 0 Å². The van der Waals surface area contributed by atoms with Crippen molar-refractivity contribution in [2.24, 2.45) is 0 Å². The molecule has 1 N–H and O–H groups in total. The van der Waals surface area contributed by atoms with Gasteiger partial charge >= 0.3 is 0 Å². The predicted octanol–water partition coefficient (Wildman–Crippen LogP) is 5.05. The molecule has 0 radical (unpaired) electrons. The summed E-state index contributed by atoms with van der Waals surface area (Å²) in [5, 5.41) is 3.54. The highest BCUT2D eigenvalue weighted by molar-refractivity contribution is 5.63. The molecule has 0 amide bonds. The molecule has 0 bridgehead atoms. The number of nitrogens with one attached hydrogen (secondary N) is 1. The lowest BCUT2D eigenvalue weighted by Crippen LogP contribution is -2.33. The summed E-state index contributed by atoms with van der Waals surface area (Å²) < 4.78 is 0. The number of nitrogens with zero attached hydrogens (tertiary/aromatic N) is 1. The number of aryl methyl sites for hydroxylation is 1. The first kappa shape index (κ1) is 18.0. The van der Waals surface area contributed by atoms with Gasteiger partial charge < -0.3 is 5.32 Å². The molecule has 3 aromatic rings. The van der Waals surface area contributed by atoms with Crippen LogP contribution in [-0.2, 0) is 0 Å². The molecule has 2 heteroatoms. The fourth-order valence-corrected chi connectivity index (χ4v) is 4.09. The Hall–Kier alpha value is -2.42. The maximum absolute atomic E-state index is 3.54. The zero-order valence-corrected chi connectivity index (χ0v) is 16.1. The number of rotatable bonds is 4. The molecular weight excluding hydrogens is 328 g/mol. The quantitative estimate of drug-likeness (QED) is 0.704. The molecule has 27 heavy (non-hydrogen) atoms. The molecule has 1 aliphatic rings. The van der Waals surface area contributed by atoms with Gasteiger partial charge in [-0.25, -0.2) is 0 Å². The Bertz CT molecular complexity index is 847. The first-order chi connectivity index (χ1) is 13.3. The van der Waals surface area contributed by atoms with Crippen molar-refractivity contribution >= 4 is 0 Å². The number of hydrogen-bond acceptors (Lipinski definition) is 2. The van der Waals surface area contributed by atoms with Crippen molar-refractivity contribution in [3.63, 3.8) is 0 Å². The van der Waals surface area contributed by atoms with Gasteiger partial charge in [-0.05, 0) is 47.7 Å². The zero-order valence-electron chi connectivity index (χ0n) is 16.1. The minimum absolute atomic E-state index is 0.316. The summed E-state index contributed by atoms with van der Waals surface area (Å²) in [5.41, 5.74) is 6.72. The lowest BCUT2D eigenvalue weighted by Gasteiger charge is -2.32. The number of hydrogen-bond donors (Lipinski definition) is 1. The summed E-state index contributed by atoms with van der Waals surface area (Å²) in [6.07, 6.45) is 1.20. The van der Waals surface area contributed by atoms with Crippen LogP contribution in [0.4, 0.5) is 0 Å². The SMILES string of the molecule is Cc1ccccc1C(c1ccc(-c2ccccc2)cc1)N1CCCNCC1. The van der Waals surface area contributed by atoms with Crippen molar-refractivity contribution in [1.82, 2.24) is 10.2 Å². The fraction of sp³-hybridized carbons (Fsp3) is 0.280. The van der Waals surface area contributed by atoms with Crippen LogP contribution in [0.2, 0.25) is 0 Å². The summed E-state index contributed by atoms with van der Waals surface area (Å²) in [7, 11) is 0. The summed E-state index contributed by atoms with van der Waals surface area (Å²) in [6, 6.07) is 28.9. The smallest absolute Gasteiger partial charge is 0.0604 e. The van der Waals surface area contributed by atoms with Gasteiger partial charge in [0.15, 0.2) is 0 Å². The minimum Gasteiger partial charge on any atom is -0.315 e. The van der Waals surface area contributed by atoms with Gasteiger partial charge in [-0.1, -0.05) is 78.9 Å². The largest absolute Gasteiger partial charge is 0.315 e. The predicted molar refractivity (Wildman–Crippen MR) is 114 cm³/mol. The topological polar surface area (TPSA) is 15.3 Å². The third-order valence-electron chi connectivity index (χ3n) is 5.56. The van der Waals surface area contributed by atoms with Gasteiger partial charge in [0.1, 0.15) is 0 Å². The van der Waals surface area contributed by atoms with E-state index in [0.29, 0.717) is 6.04 Å². The van der Waals surface area contributed by atoms with Gasteiger partial charge in [0.05, 0.1) is 6.04 Å². The molecule has 1 unspecified atom stereocenters. The minimum atomic E-state index is 0.316. The van der Waals surface area contributed by atoms with Gasteiger partial charge in [-0.2, -0.15) is 0 Å². The van der Waals surface area contributed by atoms with E-state index in [1.165, 1.54) is 34.2 Å². The Morgan fingerprint density at radius 2 is 1.44 bits per heavy atom. The van der Waals surface area contributed by atoms with Crippen LogP contribution in [0.3, 0.4) is 0 Å². The van der Waals surface area contributed by atoms with Crippen LogP contribution in [0.1, 0.15) is 29.2 Å². The second-order valence-corrected chi connectivity index (χ2v) is 7.39. The van der Waals surface area contributed by atoms with E-state index >= 15 is 0 Å². The van der Waals surface area contributed by atoms with Crippen molar-refractivity contribution in [2.75, 3.05) is 26.2 Å². The fourth-order valence-electron chi connectivity index (χ4n) is 4.09. The summed E-state index contributed by atoms with van der Waals surface area (Å²) in [5.74, 6) is 0. The van der Waals surface area contributed by atoms with E-state index in [9.17, 15) is 0 Å². The maximum atomic E-state index is 3.54. The van der Waals surface area contributed by atoms with Gasteiger partial charge in [0, 0.05) is 19.6 Å². The highest BCUT2D eigenvalue weighted by atomic mass is 15.2. The Kier molecular flexibility index (Phi) is 5.66. The molecule has 1 atom stereocenters. The molecule has 1 saturated heterocycles. The first-order valence-electron chi connectivity index (χ1n) is 9.98. The van der Waals surface area contributed by atoms with E-state index in [2.05, 4.69) is 96.0 Å². The van der Waals surface area contributed by atoms with E-state index in [0.717, 1.165) is 26.2 Å². The highest BCUT2D eigenvalue weighted by Crippen LogP contribution is 2.32. The Morgan fingerprint density at radius 3 is 2.22 bits per heavy atom. The molecule has 2 nitrogen and oxygen atoms in total. The van der Waals surface area contributed by atoms with Crippen LogP contribution in [-0.4, -0.2) is 31.1 Å². The molecule has 1 heterocycles. The van der Waals surface area contributed by atoms with Crippen LogP contribution < -0.4 is 5.32 Å². The summed E-state index contributed by atoms with van der Waals surface area (Å²) in [6.45, 7) is 6.62. The summed E-state index contributed by atoms with van der Waals surface area (Å²) >= 11 is 0. The lowest BCUT2D eigenvalue weighted by molar-refractivity contribution is 0.240. The second kappa shape index (κ2) is 8.51. The normalized spacial score (nSPS) is 16.6. The van der Waals surface area contributed by atoms with Gasteiger partial charge in [0.2, 0.25) is 0 Å². The van der Waals surface area contributed by atoms with Crippen LogP contribution in [0.25, 0.3) is 11.1 Å². The third-order valence-corrected chi connectivity index (χ3v) is 5.56. The van der Waals surface area contributed by atoms with Crippen LogP contribution in [0, 0.1) is 6.92 Å². The van der Waals surface area contributed by atoms with Crippen LogP contribution in [0.15, 0.2) is 78.9 Å². The third kappa shape index (κ3) is 4.13. The van der Waals surface area contributed by atoms with E-state index < -0.39 is 0 Å². The zero-order chi connectivity index (χ0) is 18.5. The monoisotopic (exact) mass is 356 g/mol. The van der Waals surface area contributed by atoms with Crippen molar-refractivity contribution in [3.05, 3.63) is 95.6 Å². The van der Waals surface area contributed by atoms with Crippen LogP contribution >= 0.6 is 0 Å². The molecule has 0 aromatic heterocycles. The molecular formula is C25H28N2. The van der Waals surface area contributed by atoms with E-state index in [1.54, 1.807) is 0 Å². The average Bonchev–Trinajstić information content (AvgIpc) is 3.00. The van der Waals surface area contributed by atoms with Crippen molar-refractivity contribution in [1.29, 1.82) is 0 Å². The first-order valence-corrected chi connectivity index (χ1v) is 9.98. The summed E-state index contributed by atoms with van der Waals surface area (Å²) in [4.78, 5) is 2.64. The Balaban J connectivity index is 1.71. The van der Waals surface area contributed by atoms with Crippen molar-refractivity contribution in [2.45, 2.75) is 19.4 Å². The molecule has 0 saturated carbocycles. The van der Waals surface area contributed by atoms with E-state index in [1.807, 2.05) is 0 Å². The van der Waals surface area contributed by atoms with Gasteiger partial charge in [0.25, 0.3) is 0 Å². The van der Waals surface area contributed by atoms with Crippen molar-refractivity contribution in [3.8, 4) is 11.1 Å². The second-order valence-electron chi connectivity index (χ2n) is 7.39. The molecule has 3 aromatic carbocycles. The molecule has 0 aliphatic carbocycles. The Labute approximate surface area is 162 Å². The molecule has 1 aliphatic heterocycles. The standard InChI is InChI=1S/C25H28N2/c1-20-8-5-6-11-24(20)25(27-18-7-16-26-17-19-27)23-14-12-22(13-15-23)21-9-3-2-4-10-21/h2-6,8-15,25-26H,7,16-19H2,1H3. The van der Waals surface area contributed by atoms with Gasteiger partial charge in [-0.15, -0.1) is 0 Å². The number of benzene rings is 3. The molecule has 138 valence electrons. The van der Waals surface area contributed by atoms with E-state index in [4.69, 9.17) is 0 Å². The lowest BCUT2D eigenvalue weighted by atomic mass is 9.92. The maximum Gasteiger partial charge on any atom is 0.0604 e. The molecule has 0 spiro atoms. The Morgan fingerprint density at radius 1 is 0.741 bits per heavy atom. The molecule has 4 rings (SSSR count). The highest BCUT2D eigenvalue weighted by Gasteiger charge is 2.24. The van der Waals surface area contributed by atoms with Crippen molar-refractivity contribution < 1.29 is 0 Å². The average molecular weight is 357 g/mol. The molecule has 1 fully saturated rings. The van der Waals surface area contributed by atoms with Crippen LogP contribution in [0.5, 0.6) is 0 Å². The van der Waals surface area contributed by atoms with Gasteiger partial charge in [-0.3, -0.25) is 4.90 Å².